The van der Waals surface area contributed by atoms with Crippen molar-refractivity contribution < 1.29 is 8.42 Å². The average Bonchev–Trinajstić information content (AvgIpc) is 2.88. The molecule has 2 atom stereocenters. The summed E-state index contributed by atoms with van der Waals surface area (Å²) in [6, 6.07) is 7.01. The van der Waals surface area contributed by atoms with E-state index in [0.717, 1.165) is 31.5 Å². The number of hydrazine groups is 1. The van der Waals surface area contributed by atoms with Crippen LogP contribution in [0.5, 0.6) is 0 Å². The SMILES string of the molecule is Cc1ccc(S(=O)(=O)NN2C[C@@]34C=CC=C[C@@]3(CCCC4)C2)cc1. The zero-order valence-electron chi connectivity index (χ0n) is 14.0. The van der Waals surface area contributed by atoms with Crippen molar-refractivity contribution in [3.63, 3.8) is 0 Å². The summed E-state index contributed by atoms with van der Waals surface area (Å²) >= 11 is 0. The highest BCUT2D eigenvalue weighted by Gasteiger charge is 2.56. The van der Waals surface area contributed by atoms with E-state index in [-0.39, 0.29) is 10.8 Å². The summed E-state index contributed by atoms with van der Waals surface area (Å²) in [7, 11) is -3.53. The molecule has 0 amide bonds. The largest absolute Gasteiger partial charge is 0.253 e. The van der Waals surface area contributed by atoms with Gasteiger partial charge in [0.05, 0.1) is 4.90 Å². The van der Waals surface area contributed by atoms with E-state index in [1.807, 2.05) is 24.1 Å². The third kappa shape index (κ3) is 2.46. The average molecular weight is 344 g/mol. The van der Waals surface area contributed by atoms with Crippen LogP contribution in [0.3, 0.4) is 0 Å². The fourth-order valence-corrected chi connectivity index (χ4v) is 5.75. The Balaban J connectivity index is 1.60. The maximum absolute atomic E-state index is 12.7. The Bertz CT molecular complexity index is 767. The van der Waals surface area contributed by atoms with Crippen LogP contribution in [0.4, 0.5) is 0 Å². The van der Waals surface area contributed by atoms with E-state index in [1.165, 1.54) is 12.8 Å². The van der Waals surface area contributed by atoms with E-state index < -0.39 is 10.0 Å². The summed E-state index contributed by atoms with van der Waals surface area (Å²) in [5.74, 6) is 0. The third-order valence-electron chi connectivity index (χ3n) is 5.96. The molecule has 1 aliphatic heterocycles. The van der Waals surface area contributed by atoms with Gasteiger partial charge in [-0.1, -0.05) is 54.8 Å². The Morgan fingerprint density at radius 1 is 0.958 bits per heavy atom. The van der Waals surface area contributed by atoms with Crippen molar-refractivity contribution in [2.75, 3.05) is 13.1 Å². The van der Waals surface area contributed by atoms with Crippen LogP contribution in [-0.4, -0.2) is 26.5 Å². The van der Waals surface area contributed by atoms with Gasteiger partial charge in [0.1, 0.15) is 0 Å². The predicted octanol–water partition coefficient (Wildman–Crippen LogP) is 3.18. The molecule has 0 aromatic heterocycles. The molecule has 4 rings (SSSR count). The first-order valence-electron chi connectivity index (χ1n) is 8.66. The van der Waals surface area contributed by atoms with Crippen LogP contribution in [0, 0.1) is 17.8 Å². The minimum atomic E-state index is -3.53. The molecule has 0 unspecified atom stereocenters. The third-order valence-corrected chi connectivity index (χ3v) is 7.35. The first kappa shape index (κ1) is 16.1. The topological polar surface area (TPSA) is 49.4 Å². The van der Waals surface area contributed by atoms with Crippen LogP contribution >= 0.6 is 0 Å². The molecule has 1 aromatic carbocycles. The molecular weight excluding hydrogens is 320 g/mol. The van der Waals surface area contributed by atoms with Gasteiger partial charge in [0, 0.05) is 23.9 Å². The summed E-state index contributed by atoms with van der Waals surface area (Å²) in [5, 5.41) is 1.92. The van der Waals surface area contributed by atoms with Crippen molar-refractivity contribution >= 4 is 10.0 Å². The highest BCUT2D eigenvalue weighted by molar-refractivity contribution is 7.89. The van der Waals surface area contributed by atoms with Gasteiger partial charge < -0.3 is 0 Å². The Hall–Kier alpha value is -1.43. The van der Waals surface area contributed by atoms with Gasteiger partial charge in [0.2, 0.25) is 0 Å². The fourth-order valence-electron chi connectivity index (χ4n) is 4.68. The molecule has 1 saturated heterocycles. The molecule has 2 fully saturated rings. The zero-order valence-corrected chi connectivity index (χ0v) is 14.8. The van der Waals surface area contributed by atoms with Gasteiger partial charge in [0.15, 0.2) is 0 Å². The summed E-state index contributed by atoms with van der Waals surface area (Å²) < 4.78 is 25.4. The first-order valence-corrected chi connectivity index (χ1v) is 10.1. The molecule has 1 N–H and O–H groups in total. The fraction of sp³-hybridized carbons (Fsp3) is 0.474. The quantitative estimate of drug-likeness (QED) is 0.916. The summed E-state index contributed by atoms with van der Waals surface area (Å²) in [5.41, 5.74) is 1.21. The number of benzene rings is 1. The Kier molecular flexibility index (Phi) is 3.71. The number of aryl methyl sites for hydroxylation is 1. The van der Waals surface area contributed by atoms with E-state index >= 15 is 0 Å². The molecule has 0 bridgehead atoms. The van der Waals surface area contributed by atoms with Crippen molar-refractivity contribution in [1.82, 2.24) is 9.84 Å². The molecular formula is C19H24N2O2S. The monoisotopic (exact) mass is 344 g/mol. The van der Waals surface area contributed by atoms with Gasteiger partial charge in [-0.15, -0.1) is 4.83 Å². The minimum absolute atomic E-state index is 0.0792. The first-order chi connectivity index (χ1) is 11.4. The van der Waals surface area contributed by atoms with Gasteiger partial charge in [0.25, 0.3) is 10.0 Å². The van der Waals surface area contributed by atoms with Gasteiger partial charge >= 0.3 is 0 Å². The van der Waals surface area contributed by atoms with E-state index in [0.29, 0.717) is 4.90 Å². The minimum Gasteiger partial charge on any atom is -0.229 e. The van der Waals surface area contributed by atoms with Gasteiger partial charge in [-0.25, -0.2) is 13.4 Å². The summed E-state index contributed by atoms with van der Waals surface area (Å²) in [6.45, 7) is 3.45. The van der Waals surface area contributed by atoms with E-state index in [9.17, 15) is 8.42 Å². The van der Waals surface area contributed by atoms with Crippen molar-refractivity contribution in [3.8, 4) is 0 Å². The van der Waals surface area contributed by atoms with E-state index in [2.05, 4.69) is 29.1 Å². The predicted molar refractivity (Wildman–Crippen MR) is 94.7 cm³/mol. The Morgan fingerprint density at radius 3 is 2.04 bits per heavy atom. The second-order valence-electron chi connectivity index (χ2n) is 7.50. The molecule has 5 heteroatoms. The van der Waals surface area contributed by atoms with Gasteiger partial charge in [-0.2, -0.15) is 0 Å². The van der Waals surface area contributed by atoms with Crippen molar-refractivity contribution in [3.05, 3.63) is 54.1 Å². The van der Waals surface area contributed by atoms with Crippen LogP contribution < -0.4 is 4.83 Å². The maximum Gasteiger partial charge on any atom is 0.253 e. The van der Waals surface area contributed by atoms with Crippen LogP contribution in [-0.2, 0) is 10.0 Å². The van der Waals surface area contributed by atoms with Crippen LogP contribution in [0.25, 0.3) is 0 Å². The molecule has 24 heavy (non-hydrogen) atoms. The zero-order chi connectivity index (χ0) is 16.8. The number of rotatable bonds is 3. The smallest absolute Gasteiger partial charge is 0.229 e. The summed E-state index contributed by atoms with van der Waals surface area (Å²) in [6.07, 6.45) is 13.6. The Morgan fingerprint density at radius 2 is 1.50 bits per heavy atom. The number of allylic oxidation sites excluding steroid dienone is 2. The maximum atomic E-state index is 12.7. The number of nitrogens with zero attached hydrogens (tertiary/aromatic N) is 1. The molecule has 128 valence electrons. The molecule has 1 heterocycles. The van der Waals surface area contributed by atoms with Gasteiger partial charge in [-0.3, -0.25) is 0 Å². The molecule has 2 aliphatic carbocycles. The standard InChI is InChI=1S/C19H24N2O2S/c1-16-6-8-17(9-7-16)24(22,23)20-21-14-18-10-2-3-11-19(18,15-21)13-5-4-12-18/h2-3,6-11,20H,4-5,12-15H2,1H3/t18-,19+. The van der Waals surface area contributed by atoms with Gasteiger partial charge in [-0.05, 0) is 31.9 Å². The van der Waals surface area contributed by atoms with Crippen molar-refractivity contribution in [1.29, 1.82) is 0 Å². The lowest BCUT2D eigenvalue weighted by Crippen LogP contribution is -2.42. The lowest BCUT2D eigenvalue weighted by Gasteiger charge is -2.46. The second-order valence-corrected chi connectivity index (χ2v) is 9.16. The molecule has 3 aliphatic rings. The van der Waals surface area contributed by atoms with E-state index in [4.69, 9.17) is 0 Å². The summed E-state index contributed by atoms with van der Waals surface area (Å²) in [4.78, 5) is 3.16. The molecule has 4 nitrogen and oxygen atoms in total. The van der Waals surface area contributed by atoms with Crippen molar-refractivity contribution in [2.24, 2.45) is 10.8 Å². The normalized spacial score (nSPS) is 32.5. The Labute approximate surface area is 144 Å². The highest BCUT2D eigenvalue weighted by Crippen LogP contribution is 2.58. The van der Waals surface area contributed by atoms with Crippen LogP contribution in [0.2, 0.25) is 0 Å². The number of hydrogen-bond acceptors (Lipinski definition) is 3. The lowest BCUT2D eigenvalue weighted by atomic mass is 9.56. The number of sulfonamides is 1. The highest BCUT2D eigenvalue weighted by atomic mass is 32.2. The molecule has 1 aromatic rings. The molecule has 0 radical (unpaired) electrons. The second kappa shape index (κ2) is 5.55. The molecule has 0 spiro atoms. The molecule has 1 saturated carbocycles. The van der Waals surface area contributed by atoms with Crippen molar-refractivity contribution in [2.45, 2.75) is 37.5 Å². The number of nitrogens with one attached hydrogen (secondary N) is 1. The van der Waals surface area contributed by atoms with E-state index in [1.54, 1.807) is 12.1 Å². The van der Waals surface area contributed by atoms with Crippen LogP contribution in [0.1, 0.15) is 31.2 Å². The number of hydrogen-bond donors (Lipinski definition) is 1. The van der Waals surface area contributed by atoms with Crippen LogP contribution in [0.15, 0.2) is 53.5 Å². The lowest BCUT2D eigenvalue weighted by molar-refractivity contribution is 0.131.